The fourth-order valence-corrected chi connectivity index (χ4v) is 3.82. The lowest BCUT2D eigenvalue weighted by Crippen LogP contribution is -2.27. The summed E-state index contributed by atoms with van der Waals surface area (Å²) in [5, 5.41) is 3.42. The predicted octanol–water partition coefficient (Wildman–Crippen LogP) is 3.54. The average Bonchev–Trinajstić information content (AvgIpc) is 2.30. The summed E-state index contributed by atoms with van der Waals surface area (Å²) in [7, 11) is 1.76. The zero-order valence-electron chi connectivity index (χ0n) is 10.8. The summed E-state index contributed by atoms with van der Waals surface area (Å²) >= 11 is 3.72. The smallest absolute Gasteiger partial charge is 0.125 e. The molecule has 0 atom stereocenters. The first-order valence-corrected chi connectivity index (χ1v) is 6.98. The van der Waals surface area contributed by atoms with Crippen molar-refractivity contribution < 1.29 is 4.74 Å². The molecule has 0 amide bonds. The second kappa shape index (κ2) is 5.40. The Kier molecular flexibility index (Phi) is 4.10. The van der Waals surface area contributed by atoms with E-state index >= 15 is 0 Å². The molecule has 2 nitrogen and oxygen atoms in total. The normalized spacial score (nSPS) is 17.2. The van der Waals surface area contributed by atoms with Gasteiger partial charge in [0.15, 0.2) is 0 Å². The summed E-state index contributed by atoms with van der Waals surface area (Å²) in [6.07, 6.45) is 2.43. The molecule has 0 radical (unpaired) electrons. The van der Waals surface area contributed by atoms with Gasteiger partial charge in [0.1, 0.15) is 5.75 Å². The third-order valence-electron chi connectivity index (χ3n) is 3.65. The van der Waals surface area contributed by atoms with Crippen molar-refractivity contribution >= 4 is 15.9 Å². The number of nitrogens with one attached hydrogen (secondary N) is 1. The first-order chi connectivity index (χ1) is 8.15. The molecule has 0 aromatic heterocycles. The van der Waals surface area contributed by atoms with E-state index in [-0.39, 0.29) is 0 Å². The van der Waals surface area contributed by atoms with Crippen molar-refractivity contribution in [1.29, 1.82) is 0 Å². The van der Waals surface area contributed by atoms with Crippen LogP contribution in [0.2, 0.25) is 0 Å². The Morgan fingerprint density at radius 1 is 1.29 bits per heavy atom. The molecule has 0 saturated carbocycles. The van der Waals surface area contributed by atoms with Gasteiger partial charge >= 0.3 is 0 Å². The van der Waals surface area contributed by atoms with Crippen LogP contribution in [0.4, 0.5) is 0 Å². The van der Waals surface area contributed by atoms with Gasteiger partial charge in [-0.05, 0) is 68.5 Å². The van der Waals surface area contributed by atoms with Gasteiger partial charge in [0.25, 0.3) is 0 Å². The van der Waals surface area contributed by atoms with E-state index in [4.69, 9.17) is 4.74 Å². The van der Waals surface area contributed by atoms with Gasteiger partial charge in [0, 0.05) is 4.47 Å². The Hall–Kier alpha value is -0.540. The van der Waals surface area contributed by atoms with Crippen LogP contribution >= 0.6 is 15.9 Å². The van der Waals surface area contributed by atoms with E-state index in [9.17, 15) is 0 Å². The molecule has 3 heteroatoms. The van der Waals surface area contributed by atoms with E-state index in [1.807, 2.05) is 0 Å². The van der Waals surface area contributed by atoms with Crippen LogP contribution in [-0.2, 0) is 0 Å². The first-order valence-electron chi connectivity index (χ1n) is 6.19. The first kappa shape index (κ1) is 12.9. The maximum atomic E-state index is 5.53. The minimum atomic E-state index is 0.653. The number of hydrogen-bond donors (Lipinski definition) is 1. The van der Waals surface area contributed by atoms with Crippen LogP contribution in [0.15, 0.2) is 10.5 Å². The predicted molar refractivity (Wildman–Crippen MR) is 75.0 cm³/mol. The summed E-state index contributed by atoms with van der Waals surface area (Å²) in [5.41, 5.74) is 3.94. The molecule has 1 aliphatic heterocycles. The summed E-state index contributed by atoms with van der Waals surface area (Å²) < 4.78 is 6.76. The van der Waals surface area contributed by atoms with Crippen molar-refractivity contribution in [2.45, 2.75) is 32.6 Å². The third-order valence-corrected chi connectivity index (χ3v) is 4.31. The number of ether oxygens (including phenoxy) is 1. The monoisotopic (exact) mass is 297 g/mol. The van der Waals surface area contributed by atoms with E-state index in [2.05, 4.69) is 41.2 Å². The van der Waals surface area contributed by atoms with Crippen molar-refractivity contribution in [1.82, 2.24) is 5.32 Å². The highest BCUT2D eigenvalue weighted by molar-refractivity contribution is 9.10. The van der Waals surface area contributed by atoms with Crippen LogP contribution in [0.3, 0.4) is 0 Å². The Labute approximate surface area is 112 Å². The molecule has 0 spiro atoms. The molecule has 1 aliphatic rings. The maximum Gasteiger partial charge on any atom is 0.125 e. The topological polar surface area (TPSA) is 21.3 Å². The summed E-state index contributed by atoms with van der Waals surface area (Å²) in [6.45, 7) is 6.51. The lowest BCUT2D eigenvalue weighted by Gasteiger charge is -2.27. The number of halogens is 1. The number of hydrogen-bond acceptors (Lipinski definition) is 2. The minimum absolute atomic E-state index is 0.653. The number of benzene rings is 1. The highest BCUT2D eigenvalue weighted by Crippen LogP contribution is 2.39. The fourth-order valence-electron chi connectivity index (χ4n) is 2.86. The molecule has 94 valence electrons. The molecule has 1 heterocycles. The van der Waals surface area contributed by atoms with Crippen LogP contribution < -0.4 is 10.1 Å². The van der Waals surface area contributed by atoms with Gasteiger partial charge in [-0.25, -0.2) is 0 Å². The van der Waals surface area contributed by atoms with E-state index < -0.39 is 0 Å². The molecule has 0 bridgehead atoms. The molecule has 0 unspecified atom stereocenters. The molecular formula is C14H20BrNO. The SMILES string of the molecule is COc1c(C)cc(Br)c(C2CCNCC2)c1C. The molecule has 1 fully saturated rings. The number of piperidine rings is 1. The van der Waals surface area contributed by atoms with Crippen LogP contribution in [0.25, 0.3) is 0 Å². The molecule has 0 aliphatic carbocycles. The van der Waals surface area contributed by atoms with E-state index in [1.165, 1.54) is 34.0 Å². The summed E-state index contributed by atoms with van der Waals surface area (Å²) in [6, 6.07) is 2.18. The quantitative estimate of drug-likeness (QED) is 0.901. The van der Waals surface area contributed by atoms with Gasteiger partial charge in [-0.1, -0.05) is 15.9 Å². The zero-order chi connectivity index (χ0) is 12.4. The number of rotatable bonds is 2. The highest BCUT2D eigenvalue weighted by Gasteiger charge is 2.22. The van der Waals surface area contributed by atoms with Crippen LogP contribution in [0.1, 0.15) is 35.4 Å². The van der Waals surface area contributed by atoms with Gasteiger partial charge in [0.05, 0.1) is 7.11 Å². The number of aryl methyl sites for hydroxylation is 1. The molecular weight excluding hydrogens is 278 g/mol. The van der Waals surface area contributed by atoms with Crippen molar-refractivity contribution in [3.05, 3.63) is 27.2 Å². The Morgan fingerprint density at radius 2 is 1.94 bits per heavy atom. The highest BCUT2D eigenvalue weighted by atomic mass is 79.9. The molecule has 1 saturated heterocycles. The Balaban J connectivity index is 2.44. The largest absolute Gasteiger partial charge is 0.496 e. The van der Waals surface area contributed by atoms with Gasteiger partial charge in [-0.2, -0.15) is 0 Å². The van der Waals surface area contributed by atoms with Crippen molar-refractivity contribution in [2.75, 3.05) is 20.2 Å². The third kappa shape index (κ3) is 2.50. The van der Waals surface area contributed by atoms with Crippen LogP contribution in [-0.4, -0.2) is 20.2 Å². The van der Waals surface area contributed by atoms with Crippen molar-refractivity contribution in [2.24, 2.45) is 0 Å². The minimum Gasteiger partial charge on any atom is -0.496 e. The van der Waals surface area contributed by atoms with Crippen molar-refractivity contribution in [3.63, 3.8) is 0 Å². The Bertz CT molecular complexity index is 411. The van der Waals surface area contributed by atoms with Gasteiger partial charge < -0.3 is 10.1 Å². The van der Waals surface area contributed by atoms with E-state index in [1.54, 1.807) is 7.11 Å². The van der Waals surface area contributed by atoms with Gasteiger partial charge in [-0.3, -0.25) is 0 Å². The second-order valence-electron chi connectivity index (χ2n) is 4.77. The molecule has 2 rings (SSSR count). The zero-order valence-corrected chi connectivity index (χ0v) is 12.4. The summed E-state index contributed by atoms with van der Waals surface area (Å²) in [4.78, 5) is 0. The molecule has 1 N–H and O–H groups in total. The molecule has 1 aromatic carbocycles. The lowest BCUT2D eigenvalue weighted by atomic mass is 9.86. The Morgan fingerprint density at radius 3 is 2.53 bits per heavy atom. The van der Waals surface area contributed by atoms with Gasteiger partial charge in [-0.15, -0.1) is 0 Å². The molecule has 17 heavy (non-hydrogen) atoms. The lowest BCUT2D eigenvalue weighted by molar-refractivity contribution is 0.404. The molecule has 1 aromatic rings. The van der Waals surface area contributed by atoms with Crippen LogP contribution in [0, 0.1) is 13.8 Å². The van der Waals surface area contributed by atoms with E-state index in [0.717, 1.165) is 18.8 Å². The van der Waals surface area contributed by atoms with E-state index in [0.29, 0.717) is 5.92 Å². The van der Waals surface area contributed by atoms with Crippen molar-refractivity contribution in [3.8, 4) is 5.75 Å². The number of methoxy groups -OCH3 is 1. The average molecular weight is 298 g/mol. The van der Waals surface area contributed by atoms with Gasteiger partial charge in [0.2, 0.25) is 0 Å². The summed E-state index contributed by atoms with van der Waals surface area (Å²) in [5.74, 6) is 1.70. The second-order valence-corrected chi connectivity index (χ2v) is 5.63. The fraction of sp³-hybridized carbons (Fsp3) is 0.571. The maximum absolute atomic E-state index is 5.53. The standard InChI is InChI=1S/C14H20BrNO/c1-9-8-12(15)13(10(2)14(9)17-3)11-4-6-16-7-5-11/h8,11,16H,4-7H2,1-3H3. The van der Waals surface area contributed by atoms with Crippen LogP contribution in [0.5, 0.6) is 5.75 Å².